The van der Waals surface area contributed by atoms with E-state index in [-0.39, 0.29) is 10.8 Å². The zero-order valence-corrected chi connectivity index (χ0v) is 28.8. The molecule has 240 valence electrons. The van der Waals surface area contributed by atoms with Crippen molar-refractivity contribution in [1.29, 1.82) is 0 Å². The summed E-state index contributed by atoms with van der Waals surface area (Å²) in [5.74, 6) is 0. The van der Waals surface area contributed by atoms with Crippen molar-refractivity contribution in [2.45, 2.75) is 38.5 Å². The smallest absolute Gasteiger partial charge is 0.135 e. The molecule has 2 aliphatic carbocycles. The summed E-state index contributed by atoms with van der Waals surface area (Å²) >= 11 is 0. The van der Waals surface area contributed by atoms with Crippen LogP contribution >= 0.6 is 0 Å². The summed E-state index contributed by atoms with van der Waals surface area (Å²) in [5.41, 5.74) is 18.3. The third-order valence-electron chi connectivity index (χ3n) is 11.5. The third kappa shape index (κ3) is 4.02. The second kappa shape index (κ2) is 10.3. The van der Waals surface area contributed by atoms with Gasteiger partial charge >= 0.3 is 0 Å². The first kappa shape index (κ1) is 29.1. The molecule has 8 aromatic rings. The average Bonchev–Trinajstić information content (AvgIpc) is 3.72. The molecule has 2 heteroatoms. The number of furan rings is 1. The van der Waals surface area contributed by atoms with E-state index < -0.39 is 0 Å². The van der Waals surface area contributed by atoms with Crippen LogP contribution in [-0.4, -0.2) is 0 Å². The van der Waals surface area contributed by atoms with Crippen molar-refractivity contribution in [2.75, 3.05) is 4.90 Å². The zero-order chi connectivity index (χ0) is 33.8. The van der Waals surface area contributed by atoms with E-state index in [0.29, 0.717) is 0 Å². The molecule has 50 heavy (non-hydrogen) atoms. The molecule has 0 bridgehead atoms. The summed E-state index contributed by atoms with van der Waals surface area (Å²) in [5, 5.41) is 2.28. The fraction of sp³-hybridized carbons (Fsp3) is 0.125. The fourth-order valence-corrected chi connectivity index (χ4v) is 8.93. The van der Waals surface area contributed by atoms with E-state index in [0.717, 1.165) is 33.3 Å². The summed E-state index contributed by atoms with van der Waals surface area (Å²) in [6.45, 7) is 9.41. The highest BCUT2D eigenvalue weighted by Crippen LogP contribution is 2.55. The Morgan fingerprint density at radius 3 is 1.90 bits per heavy atom. The minimum absolute atomic E-state index is 0.0535. The summed E-state index contributed by atoms with van der Waals surface area (Å²) in [6.07, 6.45) is 0. The first-order chi connectivity index (χ1) is 24.3. The molecule has 10 rings (SSSR count). The molecule has 0 amide bonds. The molecule has 0 spiro atoms. The van der Waals surface area contributed by atoms with Gasteiger partial charge in [-0.3, -0.25) is 0 Å². The summed E-state index contributed by atoms with van der Waals surface area (Å²) in [6, 6.07) is 55.7. The van der Waals surface area contributed by atoms with Gasteiger partial charge in [-0.15, -0.1) is 0 Å². The number of rotatable bonds is 4. The first-order valence-corrected chi connectivity index (χ1v) is 17.6. The molecule has 1 heterocycles. The van der Waals surface area contributed by atoms with Gasteiger partial charge in [0.15, 0.2) is 0 Å². The van der Waals surface area contributed by atoms with Crippen LogP contribution in [0.2, 0.25) is 0 Å². The lowest BCUT2D eigenvalue weighted by atomic mass is 9.82. The van der Waals surface area contributed by atoms with Crippen LogP contribution in [0.25, 0.3) is 55.3 Å². The molecular weight excluding hydrogens is 607 g/mol. The molecule has 2 aliphatic rings. The van der Waals surface area contributed by atoms with Crippen LogP contribution in [0, 0.1) is 0 Å². The van der Waals surface area contributed by atoms with E-state index >= 15 is 0 Å². The zero-order valence-electron chi connectivity index (χ0n) is 28.8. The lowest BCUT2D eigenvalue weighted by molar-refractivity contribution is 0.660. The highest BCUT2D eigenvalue weighted by Gasteiger charge is 2.39. The Morgan fingerprint density at radius 1 is 0.420 bits per heavy atom. The molecule has 0 saturated heterocycles. The molecule has 1 aromatic heterocycles. The minimum atomic E-state index is -0.0981. The van der Waals surface area contributed by atoms with Crippen LogP contribution in [-0.2, 0) is 10.8 Å². The lowest BCUT2D eigenvalue weighted by Crippen LogP contribution is -2.16. The molecule has 0 N–H and O–H groups in total. The minimum Gasteiger partial charge on any atom is -0.456 e. The van der Waals surface area contributed by atoms with Crippen LogP contribution in [0.1, 0.15) is 49.9 Å². The van der Waals surface area contributed by atoms with E-state index in [1.807, 2.05) is 12.1 Å². The maximum absolute atomic E-state index is 6.18. The van der Waals surface area contributed by atoms with Gasteiger partial charge in [-0.2, -0.15) is 0 Å². The Kier molecular flexibility index (Phi) is 6.01. The number of anilines is 3. The SMILES string of the molecule is CC1(C)c2ccccc2-c2cc(N(c3cccc(-c4ccc5oc6ccccc6c5c4)c3)c3cccc4c3-c3ccccc3C4(C)C)ccc21. The highest BCUT2D eigenvalue weighted by atomic mass is 16.3. The molecule has 0 fully saturated rings. The maximum Gasteiger partial charge on any atom is 0.135 e. The van der Waals surface area contributed by atoms with Crippen molar-refractivity contribution < 1.29 is 4.42 Å². The molecule has 0 saturated carbocycles. The van der Waals surface area contributed by atoms with Gasteiger partial charge in [0.25, 0.3) is 0 Å². The number of para-hydroxylation sites is 1. The van der Waals surface area contributed by atoms with Crippen LogP contribution < -0.4 is 4.90 Å². The van der Waals surface area contributed by atoms with E-state index in [2.05, 4.69) is 172 Å². The van der Waals surface area contributed by atoms with E-state index in [1.54, 1.807) is 0 Å². The lowest BCUT2D eigenvalue weighted by Gasteiger charge is -2.30. The van der Waals surface area contributed by atoms with Gasteiger partial charge < -0.3 is 9.32 Å². The summed E-state index contributed by atoms with van der Waals surface area (Å²) in [4.78, 5) is 2.49. The van der Waals surface area contributed by atoms with Gasteiger partial charge in [0.05, 0.1) is 5.69 Å². The molecule has 2 nitrogen and oxygen atoms in total. The van der Waals surface area contributed by atoms with Crippen molar-refractivity contribution in [3.8, 4) is 33.4 Å². The Morgan fingerprint density at radius 2 is 1.04 bits per heavy atom. The van der Waals surface area contributed by atoms with Gasteiger partial charge in [-0.25, -0.2) is 0 Å². The van der Waals surface area contributed by atoms with Crippen molar-refractivity contribution >= 4 is 39.0 Å². The van der Waals surface area contributed by atoms with Crippen LogP contribution in [0.3, 0.4) is 0 Å². The largest absolute Gasteiger partial charge is 0.456 e. The molecule has 0 atom stereocenters. The fourth-order valence-electron chi connectivity index (χ4n) is 8.93. The number of hydrogen-bond acceptors (Lipinski definition) is 2. The van der Waals surface area contributed by atoms with Gasteiger partial charge in [0, 0.05) is 38.5 Å². The predicted molar refractivity (Wildman–Crippen MR) is 209 cm³/mol. The van der Waals surface area contributed by atoms with Crippen molar-refractivity contribution in [3.63, 3.8) is 0 Å². The highest BCUT2D eigenvalue weighted by molar-refractivity contribution is 6.06. The molecule has 7 aromatic carbocycles. The second-order valence-corrected chi connectivity index (χ2v) is 15.0. The second-order valence-electron chi connectivity index (χ2n) is 15.0. The van der Waals surface area contributed by atoms with E-state index in [4.69, 9.17) is 4.42 Å². The topological polar surface area (TPSA) is 16.4 Å². The van der Waals surface area contributed by atoms with Crippen molar-refractivity contribution in [2.24, 2.45) is 0 Å². The van der Waals surface area contributed by atoms with Crippen LogP contribution in [0.15, 0.2) is 156 Å². The van der Waals surface area contributed by atoms with Gasteiger partial charge in [0.1, 0.15) is 11.2 Å². The molecular formula is C48H37NO. The van der Waals surface area contributed by atoms with Gasteiger partial charge in [-0.1, -0.05) is 131 Å². The van der Waals surface area contributed by atoms with Crippen LogP contribution in [0.4, 0.5) is 17.1 Å². The Bertz CT molecular complexity index is 2670. The quantitative estimate of drug-likeness (QED) is 0.190. The first-order valence-electron chi connectivity index (χ1n) is 17.6. The molecule has 0 aliphatic heterocycles. The third-order valence-corrected chi connectivity index (χ3v) is 11.5. The standard InChI is InChI=1S/C48H37NO/c1-47(2)39-18-8-5-15-34(39)37-29-33(24-25-41(37)47)49(43-21-12-20-42-46(43)36-17-6-9-19-40(36)48(42,3)4)32-14-11-13-30(27-32)31-23-26-45-38(28-31)35-16-7-10-22-44(35)50-45/h5-29H,1-4H3. The van der Waals surface area contributed by atoms with Crippen molar-refractivity contribution in [1.82, 2.24) is 0 Å². The molecule has 0 unspecified atom stereocenters. The summed E-state index contributed by atoms with van der Waals surface area (Å²) < 4.78 is 6.18. The Balaban J connectivity index is 1.20. The number of hydrogen-bond donors (Lipinski definition) is 0. The summed E-state index contributed by atoms with van der Waals surface area (Å²) in [7, 11) is 0. The number of benzene rings is 7. The van der Waals surface area contributed by atoms with Crippen LogP contribution in [0.5, 0.6) is 0 Å². The monoisotopic (exact) mass is 643 g/mol. The average molecular weight is 644 g/mol. The Hall–Kier alpha value is -5.86. The van der Waals surface area contributed by atoms with Gasteiger partial charge in [0.2, 0.25) is 0 Å². The van der Waals surface area contributed by atoms with Gasteiger partial charge in [-0.05, 0) is 98.6 Å². The Labute approximate surface area is 293 Å². The number of fused-ring (bicyclic) bond motifs is 9. The number of nitrogens with zero attached hydrogens (tertiary/aromatic N) is 1. The predicted octanol–water partition coefficient (Wildman–Crippen LogP) is 13.3. The maximum atomic E-state index is 6.18. The van der Waals surface area contributed by atoms with E-state index in [9.17, 15) is 0 Å². The van der Waals surface area contributed by atoms with Crippen molar-refractivity contribution in [3.05, 3.63) is 174 Å². The van der Waals surface area contributed by atoms with E-state index in [1.165, 1.54) is 61.3 Å². The molecule has 0 radical (unpaired) electrons. The normalized spacial score (nSPS) is 14.7.